The van der Waals surface area contributed by atoms with Crippen molar-refractivity contribution in [1.82, 2.24) is 0 Å². The van der Waals surface area contributed by atoms with Crippen molar-refractivity contribution in [2.24, 2.45) is 5.92 Å². The summed E-state index contributed by atoms with van der Waals surface area (Å²) in [6, 6.07) is 11.8. The van der Waals surface area contributed by atoms with Crippen LogP contribution in [-0.2, 0) is 23.9 Å². The van der Waals surface area contributed by atoms with Crippen LogP contribution in [0.4, 0.5) is 11.4 Å². The first kappa shape index (κ1) is 22.0. The zero-order valence-electron chi connectivity index (χ0n) is 17.6. The lowest BCUT2D eigenvalue weighted by Gasteiger charge is -2.17. The van der Waals surface area contributed by atoms with Crippen molar-refractivity contribution in [2.75, 3.05) is 30.5 Å². The van der Waals surface area contributed by atoms with Gasteiger partial charge in [0.25, 0.3) is 5.91 Å². The van der Waals surface area contributed by atoms with Crippen molar-refractivity contribution in [1.29, 1.82) is 0 Å². The van der Waals surface area contributed by atoms with Crippen LogP contribution in [0.5, 0.6) is 0 Å². The smallest absolute Gasteiger partial charge is 0.337 e. The summed E-state index contributed by atoms with van der Waals surface area (Å²) < 4.78 is 9.72. The van der Waals surface area contributed by atoms with Gasteiger partial charge in [0.2, 0.25) is 5.91 Å². The SMILES string of the molecule is COC(=O)c1ccc(NC(=O)COC(=O)[C@H]2CC(=O)N(c3ccc(C)c(C)c3)C2)cc1. The van der Waals surface area contributed by atoms with E-state index >= 15 is 0 Å². The number of carbonyl (C=O) groups is 4. The van der Waals surface area contributed by atoms with E-state index in [0.29, 0.717) is 11.3 Å². The Kier molecular flexibility index (Phi) is 6.69. The molecule has 0 radical (unpaired) electrons. The van der Waals surface area contributed by atoms with Crippen molar-refractivity contribution < 1.29 is 28.7 Å². The van der Waals surface area contributed by atoms with Gasteiger partial charge in [0.1, 0.15) is 0 Å². The molecule has 0 aliphatic carbocycles. The van der Waals surface area contributed by atoms with Crippen molar-refractivity contribution in [3.05, 3.63) is 59.2 Å². The van der Waals surface area contributed by atoms with Gasteiger partial charge in [0.15, 0.2) is 6.61 Å². The van der Waals surface area contributed by atoms with E-state index in [1.165, 1.54) is 19.2 Å². The molecular weight excluding hydrogens is 400 g/mol. The van der Waals surface area contributed by atoms with Gasteiger partial charge in [-0.25, -0.2) is 4.79 Å². The lowest BCUT2D eigenvalue weighted by atomic mass is 10.1. The fraction of sp³-hybridized carbons (Fsp3) is 0.304. The number of ether oxygens (including phenoxy) is 2. The van der Waals surface area contributed by atoms with Crippen LogP contribution < -0.4 is 10.2 Å². The molecule has 162 valence electrons. The zero-order chi connectivity index (χ0) is 22.5. The maximum absolute atomic E-state index is 12.4. The summed E-state index contributed by atoms with van der Waals surface area (Å²) in [4.78, 5) is 49.8. The number of aryl methyl sites for hydroxylation is 2. The maximum atomic E-state index is 12.4. The average Bonchev–Trinajstić information content (AvgIpc) is 3.15. The first-order valence-corrected chi connectivity index (χ1v) is 9.81. The highest BCUT2D eigenvalue weighted by molar-refractivity contribution is 6.00. The Morgan fingerprint density at radius 2 is 1.77 bits per heavy atom. The van der Waals surface area contributed by atoms with Crippen molar-refractivity contribution >= 4 is 35.1 Å². The Balaban J connectivity index is 1.51. The number of hydrogen-bond donors (Lipinski definition) is 1. The Labute approximate surface area is 180 Å². The van der Waals surface area contributed by atoms with Gasteiger partial charge in [-0.2, -0.15) is 0 Å². The lowest BCUT2D eigenvalue weighted by Crippen LogP contribution is -2.28. The quantitative estimate of drug-likeness (QED) is 0.716. The molecule has 1 atom stereocenters. The van der Waals surface area contributed by atoms with E-state index in [-0.39, 0.29) is 18.9 Å². The van der Waals surface area contributed by atoms with Crippen LogP contribution in [-0.4, -0.2) is 44.0 Å². The lowest BCUT2D eigenvalue weighted by molar-refractivity contribution is -0.151. The molecule has 1 N–H and O–H groups in total. The number of amides is 2. The fourth-order valence-electron chi connectivity index (χ4n) is 3.27. The summed E-state index contributed by atoms with van der Waals surface area (Å²) in [7, 11) is 1.28. The van der Waals surface area contributed by atoms with Gasteiger partial charge in [0.05, 0.1) is 18.6 Å². The van der Waals surface area contributed by atoms with Gasteiger partial charge >= 0.3 is 11.9 Å². The summed E-state index contributed by atoms with van der Waals surface area (Å²) in [5.41, 5.74) is 3.73. The molecule has 3 rings (SSSR count). The monoisotopic (exact) mass is 424 g/mol. The number of nitrogens with zero attached hydrogens (tertiary/aromatic N) is 1. The van der Waals surface area contributed by atoms with E-state index in [4.69, 9.17) is 4.74 Å². The summed E-state index contributed by atoms with van der Waals surface area (Å²) in [5, 5.41) is 2.58. The van der Waals surface area contributed by atoms with Crippen LogP contribution in [0, 0.1) is 19.8 Å². The molecule has 1 saturated heterocycles. The molecule has 8 nitrogen and oxygen atoms in total. The highest BCUT2D eigenvalue weighted by atomic mass is 16.5. The minimum Gasteiger partial charge on any atom is -0.465 e. The summed E-state index contributed by atoms with van der Waals surface area (Å²) in [6.45, 7) is 3.71. The molecule has 0 bridgehead atoms. The second-order valence-corrected chi connectivity index (χ2v) is 7.40. The third-order valence-electron chi connectivity index (χ3n) is 5.20. The van der Waals surface area contributed by atoms with Crippen molar-refractivity contribution in [3.8, 4) is 0 Å². The molecule has 1 heterocycles. The van der Waals surface area contributed by atoms with Crippen LogP contribution >= 0.6 is 0 Å². The summed E-state index contributed by atoms with van der Waals surface area (Å²) in [5.74, 6) is -2.36. The zero-order valence-corrected chi connectivity index (χ0v) is 17.6. The van der Waals surface area contributed by atoms with E-state index in [2.05, 4.69) is 10.1 Å². The second-order valence-electron chi connectivity index (χ2n) is 7.40. The predicted octanol–water partition coefficient (Wildman–Crippen LogP) is 2.62. The fourth-order valence-corrected chi connectivity index (χ4v) is 3.27. The van der Waals surface area contributed by atoms with Crippen LogP contribution in [0.1, 0.15) is 27.9 Å². The summed E-state index contributed by atoms with van der Waals surface area (Å²) >= 11 is 0. The van der Waals surface area contributed by atoms with E-state index in [1.54, 1.807) is 17.0 Å². The first-order valence-electron chi connectivity index (χ1n) is 9.81. The molecule has 1 aliphatic rings. The highest BCUT2D eigenvalue weighted by Gasteiger charge is 2.36. The van der Waals surface area contributed by atoms with Crippen LogP contribution in [0.15, 0.2) is 42.5 Å². The largest absolute Gasteiger partial charge is 0.465 e. The van der Waals surface area contributed by atoms with Gasteiger partial charge in [-0.3, -0.25) is 14.4 Å². The minimum atomic E-state index is -0.624. The van der Waals surface area contributed by atoms with Gasteiger partial charge in [0, 0.05) is 24.3 Å². The van der Waals surface area contributed by atoms with E-state index in [9.17, 15) is 19.2 Å². The molecule has 2 amide bonds. The molecule has 1 fully saturated rings. The van der Waals surface area contributed by atoms with E-state index < -0.39 is 30.4 Å². The minimum absolute atomic E-state index is 0.0440. The number of anilines is 2. The number of methoxy groups -OCH3 is 1. The predicted molar refractivity (Wildman–Crippen MR) is 114 cm³/mol. The van der Waals surface area contributed by atoms with Crippen molar-refractivity contribution in [2.45, 2.75) is 20.3 Å². The van der Waals surface area contributed by atoms with Crippen LogP contribution in [0.2, 0.25) is 0 Å². The molecule has 31 heavy (non-hydrogen) atoms. The Morgan fingerprint density at radius 3 is 2.42 bits per heavy atom. The maximum Gasteiger partial charge on any atom is 0.337 e. The normalized spacial score (nSPS) is 15.5. The molecular formula is C23H24N2O6. The Bertz CT molecular complexity index is 1020. The standard InChI is InChI=1S/C23H24N2O6/c1-14-4-9-19(10-15(14)2)25-12-17(11-21(25)27)23(29)31-13-20(26)24-18-7-5-16(6-8-18)22(28)30-3/h4-10,17H,11-13H2,1-3H3,(H,24,26)/t17-/m0/s1. The van der Waals surface area contributed by atoms with Gasteiger partial charge < -0.3 is 19.7 Å². The van der Waals surface area contributed by atoms with Gasteiger partial charge in [-0.05, 0) is 61.4 Å². The Morgan fingerprint density at radius 1 is 1.06 bits per heavy atom. The molecule has 2 aromatic carbocycles. The molecule has 0 spiro atoms. The summed E-state index contributed by atoms with van der Waals surface area (Å²) in [6.07, 6.45) is 0.0440. The first-order chi connectivity index (χ1) is 14.8. The van der Waals surface area contributed by atoms with Gasteiger partial charge in [-0.15, -0.1) is 0 Å². The van der Waals surface area contributed by atoms with E-state index in [1.807, 2.05) is 32.0 Å². The second kappa shape index (κ2) is 9.42. The molecule has 2 aromatic rings. The third-order valence-corrected chi connectivity index (χ3v) is 5.20. The van der Waals surface area contributed by atoms with Gasteiger partial charge in [-0.1, -0.05) is 6.07 Å². The van der Waals surface area contributed by atoms with Crippen LogP contribution in [0.25, 0.3) is 0 Å². The molecule has 0 unspecified atom stereocenters. The molecule has 8 heteroatoms. The molecule has 0 aromatic heterocycles. The molecule has 0 saturated carbocycles. The number of benzene rings is 2. The topological polar surface area (TPSA) is 102 Å². The number of carbonyl (C=O) groups excluding carboxylic acids is 4. The van der Waals surface area contributed by atoms with Crippen LogP contribution in [0.3, 0.4) is 0 Å². The number of nitrogens with one attached hydrogen (secondary N) is 1. The van der Waals surface area contributed by atoms with E-state index in [0.717, 1.165) is 16.8 Å². The number of hydrogen-bond acceptors (Lipinski definition) is 6. The average molecular weight is 424 g/mol. The highest BCUT2D eigenvalue weighted by Crippen LogP contribution is 2.27. The number of rotatable bonds is 6. The third kappa shape index (κ3) is 5.28. The van der Waals surface area contributed by atoms with Crippen molar-refractivity contribution in [3.63, 3.8) is 0 Å². The Hall–Kier alpha value is -3.68. The number of esters is 2. The molecule has 1 aliphatic heterocycles.